The molecule has 2 aromatic carbocycles. The van der Waals surface area contributed by atoms with Crippen LogP contribution in [-0.2, 0) is 14.6 Å². The first kappa shape index (κ1) is 19.6. The quantitative estimate of drug-likeness (QED) is 0.829. The smallest absolute Gasteiger partial charge is 0.259 e. The molecular weight excluding hydrogens is 392 g/mol. The Labute approximate surface area is 169 Å². The molecule has 4 rings (SSSR count). The molecule has 7 nitrogen and oxygen atoms in total. The number of hydrogen-bond donors (Lipinski definition) is 1. The van der Waals surface area contributed by atoms with Crippen LogP contribution in [0.1, 0.15) is 40.5 Å². The van der Waals surface area contributed by atoms with Crippen LogP contribution in [0, 0.1) is 0 Å². The topological polar surface area (TPSA) is 92.8 Å². The summed E-state index contributed by atoms with van der Waals surface area (Å²) in [7, 11) is -3.90. The van der Waals surface area contributed by atoms with E-state index in [9.17, 15) is 18.0 Å². The number of anilines is 1. The van der Waals surface area contributed by atoms with Crippen molar-refractivity contribution in [1.82, 2.24) is 5.32 Å². The standard InChI is InChI=1S/C21H22N2O5S/c1-2-23-17-12-14(20(24)22-13-15-6-5-11-28-15)9-10-19(17)29(26,27)18-8-4-3-7-16(18)21(23)25/h3-4,7-10,12,15H,2,5-6,11,13H2,1H3,(H,22,24)/t15-/m1/s1. The number of carbonyl (C=O) groups excluding carboxylic acids is 2. The van der Waals surface area contributed by atoms with Gasteiger partial charge < -0.3 is 15.0 Å². The summed E-state index contributed by atoms with van der Waals surface area (Å²) in [6.45, 7) is 3.14. The zero-order valence-corrected chi connectivity index (χ0v) is 16.9. The molecule has 152 valence electrons. The second-order valence-electron chi connectivity index (χ2n) is 7.08. The zero-order chi connectivity index (χ0) is 20.6. The number of ether oxygens (including phenoxy) is 1. The molecule has 1 fully saturated rings. The van der Waals surface area contributed by atoms with Gasteiger partial charge in [-0.25, -0.2) is 8.42 Å². The van der Waals surface area contributed by atoms with E-state index in [4.69, 9.17) is 4.74 Å². The maximum atomic E-state index is 13.2. The summed E-state index contributed by atoms with van der Waals surface area (Å²) < 4.78 is 31.9. The highest BCUT2D eigenvalue weighted by Crippen LogP contribution is 2.37. The van der Waals surface area contributed by atoms with Crippen molar-refractivity contribution in [2.24, 2.45) is 0 Å². The molecule has 0 aromatic heterocycles. The van der Waals surface area contributed by atoms with Crippen molar-refractivity contribution in [3.63, 3.8) is 0 Å². The molecule has 0 aliphatic carbocycles. The van der Waals surface area contributed by atoms with Crippen LogP contribution in [0.25, 0.3) is 0 Å². The summed E-state index contributed by atoms with van der Waals surface area (Å²) in [6, 6.07) is 10.5. The summed E-state index contributed by atoms with van der Waals surface area (Å²) in [4.78, 5) is 27.1. The van der Waals surface area contributed by atoms with Gasteiger partial charge in [0.05, 0.1) is 27.1 Å². The Morgan fingerprint density at radius 2 is 2.00 bits per heavy atom. The van der Waals surface area contributed by atoms with Gasteiger partial charge in [0.1, 0.15) is 0 Å². The van der Waals surface area contributed by atoms with Gasteiger partial charge in [-0.05, 0) is 50.1 Å². The van der Waals surface area contributed by atoms with Crippen LogP contribution < -0.4 is 10.2 Å². The number of amides is 2. The second-order valence-corrected chi connectivity index (χ2v) is 8.96. The van der Waals surface area contributed by atoms with Crippen molar-refractivity contribution < 1.29 is 22.7 Å². The highest BCUT2D eigenvalue weighted by atomic mass is 32.2. The van der Waals surface area contributed by atoms with Crippen LogP contribution in [0.5, 0.6) is 0 Å². The van der Waals surface area contributed by atoms with E-state index in [2.05, 4.69) is 5.32 Å². The molecule has 0 unspecified atom stereocenters. The number of nitrogens with one attached hydrogen (secondary N) is 1. The van der Waals surface area contributed by atoms with Crippen LogP contribution in [0.3, 0.4) is 0 Å². The normalized spacial score (nSPS) is 20.0. The number of carbonyl (C=O) groups is 2. The minimum Gasteiger partial charge on any atom is -0.376 e. The van der Waals surface area contributed by atoms with E-state index in [1.54, 1.807) is 19.1 Å². The molecule has 29 heavy (non-hydrogen) atoms. The molecule has 1 atom stereocenters. The first-order valence-electron chi connectivity index (χ1n) is 9.63. The Bertz CT molecular complexity index is 1070. The molecule has 1 saturated heterocycles. The summed E-state index contributed by atoms with van der Waals surface area (Å²) in [5.74, 6) is -0.728. The minimum absolute atomic E-state index is 0.00312. The third-order valence-corrected chi connectivity index (χ3v) is 7.14. The molecule has 2 aliphatic rings. The fourth-order valence-corrected chi connectivity index (χ4v) is 5.41. The number of fused-ring (bicyclic) bond motifs is 2. The maximum absolute atomic E-state index is 13.2. The summed E-state index contributed by atoms with van der Waals surface area (Å²) in [6.07, 6.45) is 1.88. The van der Waals surface area contributed by atoms with E-state index in [0.717, 1.165) is 12.8 Å². The minimum atomic E-state index is -3.90. The SMILES string of the molecule is CCN1C(=O)c2ccccc2S(=O)(=O)c2ccc(C(=O)NC[C@H]3CCCO3)cc21. The zero-order valence-electron chi connectivity index (χ0n) is 16.1. The molecule has 1 N–H and O–H groups in total. The first-order valence-corrected chi connectivity index (χ1v) is 11.1. The van der Waals surface area contributed by atoms with E-state index < -0.39 is 15.7 Å². The number of rotatable bonds is 4. The van der Waals surface area contributed by atoms with Crippen molar-refractivity contribution in [2.45, 2.75) is 35.7 Å². The van der Waals surface area contributed by atoms with Crippen LogP contribution in [0.4, 0.5) is 5.69 Å². The van der Waals surface area contributed by atoms with Crippen molar-refractivity contribution >= 4 is 27.3 Å². The van der Waals surface area contributed by atoms with E-state index in [-0.39, 0.29) is 39.6 Å². The van der Waals surface area contributed by atoms with Gasteiger partial charge in [0.25, 0.3) is 11.8 Å². The lowest BCUT2D eigenvalue weighted by Gasteiger charge is -2.21. The lowest BCUT2D eigenvalue weighted by molar-refractivity contribution is 0.0857. The van der Waals surface area contributed by atoms with Crippen molar-refractivity contribution in [3.05, 3.63) is 53.6 Å². The van der Waals surface area contributed by atoms with Crippen molar-refractivity contribution in [2.75, 3.05) is 24.6 Å². The van der Waals surface area contributed by atoms with Crippen molar-refractivity contribution in [1.29, 1.82) is 0 Å². The molecule has 0 bridgehead atoms. The van der Waals surface area contributed by atoms with Gasteiger partial charge >= 0.3 is 0 Å². The number of hydrogen-bond acceptors (Lipinski definition) is 5. The van der Waals surface area contributed by atoms with Crippen LogP contribution in [-0.4, -0.2) is 46.0 Å². The van der Waals surface area contributed by atoms with E-state index in [1.807, 2.05) is 0 Å². The van der Waals surface area contributed by atoms with Gasteiger partial charge in [-0.1, -0.05) is 12.1 Å². The molecule has 0 radical (unpaired) electrons. The van der Waals surface area contributed by atoms with Gasteiger partial charge in [0.2, 0.25) is 9.84 Å². The molecule has 2 amide bonds. The summed E-state index contributed by atoms with van der Waals surface area (Å²) >= 11 is 0. The maximum Gasteiger partial charge on any atom is 0.259 e. The monoisotopic (exact) mass is 414 g/mol. The molecular formula is C21H22N2O5S. The van der Waals surface area contributed by atoms with Gasteiger partial charge in [0, 0.05) is 25.3 Å². The second kappa shape index (κ2) is 7.61. The Balaban J connectivity index is 1.74. The number of nitrogens with zero attached hydrogens (tertiary/aromatic N) is 1. The Morgan fingerprint density at radius 1 is 1.21 bits per heavy atom. The van der Waals surface area contributed by atoms with Crippen LogP contribution >= 0.6 is 0 Å². The Hall–Kier alpha value is -2.71. The average molecular weight is 414 g/mol. The van der Waals surface area contributed by atoms with Crippen LogP contribution in [0.2, 0.25) is 0 Å². The van der Waals surface area contributed by atoms with Gasteiger partial charge in [-0.2, -0.15) is 0 Å². The highest BCUT2D eigenvalue weighted by Gasteiger charge is 2.35. The fraction of sp³-hybridized carbons (Fsp3) is 0.333. The molecule has 8 heteroatoms. The van der Waals surface area contributed by atoms with Crippen molar-refractivity contribution in [3.8, 4) is 0 Å². The number of sulfone groups is 1. The third kappa shape index (κ3) is 3.42. The molecule has 0 spiro atoms. The Kier molecular flexibility index (Phi) is 5.14. The predicted molar refractivity (Wildman–Crippen MR) is 107 cm³/mol. The van der Waals surface area contributed by atoms with E-state index in [1.165, 1.54) is 35.2 Å². The van der Waals surface area contributed by atoms with Crippen LogP contribution in [0.15, 0.2) is 52.3 Å². The number of benzene rings is 2. The molecule has 0 saturated carbocycles. The fourth-order valence-electron chi connectivity index (χ4n) is 3.78. The molecule has 2 heterocycles. The van der Waals surface area contributed by atoms with E-state index in [0.29, 0.717) is 18.7 Å². The molecule has 2 aromatic rings. The first-order chi connectivity index (χ1) is 13.9. The van der Waals surface area contributed by atoms with Gasteiger partial charge in [-0.3, -0.25) is 9.59 Å². The largest absolute Gasteiger partial charge is 0.376 e. The lowest BCUT2D eigenvalue weighted by Crippen LogP contribution is -2.33. The lowest BCUT2D eigenvalue weighted by atomic mass is 10.1. The summed E-state index contributed by atoms with van der Waals surface area (Å²) in [5, 5.41) is 2.83. The summed E-state index contributed by atoms with van der Waals surface area (Å²) in [5.41, 5.74) is 0.655. The van der Waals surface area contributed by atoms with E-state index >= 15 is 0 Å². The van der Waals surface area contributed by atoms with Gasteiger partial charge in [-0.15, -0.1) is 0 Å². The average Bonchev–Trinajstić information content (AvgIpc) is 3.23. The molecule has 2 aliphatic heterocycles. The third-order valence-electron chi connectivity index (χ3n) is 5.28. The van der Waals surface area contributed by atoms with Gasteiger partial charge in [0.15, 0.2) is 0 Å². The predicted octanol–water partition coefficient (Wildman–Crippen LogP) is 2.41. The Morgan fingerprint density at radius 3 is 2.72 bits per heavy atom. The highest BCUT2D eigenvalue weighted by molar-refractivity contribution is 7.91.